The van der Waals surface area contributed by atoms with Gasteiger partial charge in [-0.3, -0.25) is 14.5 Å². The molecule has 7 rings (SSSR count). The van der Waals surface area contributed by atoms with Gasteiger partial charge in [0, 0.05) is 11.8 Å². The largest absolute Gasteiger partial charge is 0.493 e. The first-order chi connectivity index (χ1) is 22.7. The zero-order valence-electron chi connectivity index (χ0n) is 26.3. The van der Waals surface area contributed by atoms with E-state index in [1.54, 1.807) is 43.3 Å². The van der Waals surface area contributed by atoms with Gasteiger partial charge in [-0.05, 0) is 55.1 Å². The minimum absolute atomic E-state index is 0.0116. The molecule has 0 spiro atoms. The zero-order chi connectivity index (χ0) is 33.0. The molecule has 0 saturated carbocycles. The van der Waals surface area contributed by atoms with Crippen molar-refractivity contribution in [3.05, 3.63) is 41.0 Å². The number of rotatable bonds is 8. The average Bonchev–Trinajstić information content (AvgIpc) is 3.68. The standard InChI is InChI=1S/C32H37NO14/c1-33(2)9-23(34)46-29-20(38-3)5-14(6-21(29)39-4)24-15-7-18-19(43-13-42-18)8-16(15)28(17-10-41-31(37)25(17)24)47-32-27(36)26(35)30-22(45-32)11-40-12-44-30/h5-8,17,22,24-28,30,32,35-36H,9-13H2,1-4H3/t17-,22+,24?,25?,26+,27+,28+,30+,32-/m0/s1. The summed E-state index contributed by atoms with van der Waals surface area (Å²) in [6, 6.07) is 7.01. The van der Waals surface area contributed by atoms with Crippen LogP contribution in [0.1, 0.15) is 28.7 Å². The normalized spacial score (nSPS) is 32.2. The number of likely N-dealkylation sites (N-methyl/N-ethyl adjacent to an activating group) is 1. The van der Waals surface area contributed by atoms with Gasteiger partial charge in [0.2, 0.25) is 12.5 Å². The van der Waals surface area contributed by atoms with Crippen LogP contribution in [-0.4, -0.2) is 119 Å². The van der Waals surface area contributed by atoms with E-state index in [2.05, 4.69) is 0 Å². The lowest BCUT2D eigenvalue weighted by Crippen LogP contribution is -2.62. The number of benzene rings is 2. The van der Waals surface area contributed by atoms with Gasteiger partial charge < -0.3 is 57.6 Å². The van der Waals surface area contributed by atoms with Crippen molar-refractivity contribution < 1.29 is 67.2 Å². The van der Waals surface area contributed by atoms with Gasteiger partial charge in [-0.25, -0.2) is 0 Å². The fraction of sp³-hybridized carbons (Fsp3) is 0.562. The van der Waals surface area contributed by atoms with Gasteiger partial charge in [-0.2, -0.15) is 0 Å². The summed E-state index contributed by atoms with van der Waals surface area (Å²) in [4.78, 5) is 27.9. The van der Waals surface area contributed by atoms with E-state index in [4.69, 9.17) is 47.4 Å². The van der Waals surface area contributed by atoms with E-state index in [-0.39, 0.29) is 50.6 Å². The highest BCUT2D eigenvalue weighted by molar-refractivity contribution is 5.80. The number of nitrogens with zero attached hydrogens (tertiary/aromatic N) is 1. The molecule has 4 heterocycles. The molecule has 2 aromatic carbocycles. The molecule has 1 aliphatic carbocycles. The fourth-order valence-electron chi connectivity index (χ4n) is 7.06. The maximum Gasteiger partial charge on any atom is 0.325 e. The van der Waals surface area contributed by atoms with Gasteiger partial charge >= 0.3 is 11.9 Å². The van der Waals surface area contributed by atoms with Crippen LogP contribution in [0.15, 0.2) is 24.3 Å². The quantitative estimate of drug-likeness (QED) is 0.300. The third-order valence-electron chi connectivity index (χ3n) is 9.17. The molecule has 0 radical (unpaired) electrons. The number of fused-ring (bicyclic) bond motifs is 4. The lowest BCUT2D eigenvalue weighted by atomic mass is 9.66. The minimum Gasteiger partial charge on any atom is -0.493 e. The molecule has 4 aliphatic heterocycles. The Balaban J connectivity index is 1.31. The number of cyclic esters (lactones) is 1. The number of carbonyl (C=O) groups is 2. The second-order valence-corrected chi connectivity index (χ2v) is 12.3. The fourth-order valence-corrected chi connectivity index (χ4v) is 7.06. The summed E-state index contributed by atoms with van der Waals surface area (Å²) in [5.41, 5.74) is 1.96. The number of hydrogen-bond donors (Lipinski definition) is 2. The third kappa shape index (κ3) is 5.65. The minimum atomic E-state index is -1.45. The molecule has 5 aliphatic rings. The van der Waals surface area contributed by atoms with E-state index in [9.17, 15) is 19.8 Å². The SMILES string of the molecule is COc1cc(C2c3cc4c(cc3[C@@H](O[C@@H]3O[C@@H]5COCO[C@H]5[C@H](O)[C@H]3O)[C@H]3COC(=O)C23)OCO4)cc(OC)c1OC(=O)CN(C)C. The maximum atomic E-state index is 13.6. The first kappa shape index (κ1) is 31.9. The average molecular weight is 660 g/mol. The van der Waals surface area contributed by atoms with Crippen molar-refractivity contribution in [2.75, 3.05) is 61.7 Å². The zero-order valence-corrected chi connectivity index (χ0v) is 26.3. The second kappa shape index (κ2) is 12.7. The lowest BCUT2D eigenvalue weighted by Gasteiger charge is -2.46. The van der Waals surface area contributed by atoms with E-state index < -0.39 is 66.5 Å². The molecule has 2 unspecified atom stereocenters. The first-order valence-electron chi connectivity index (χ1n) is 15.3. The molecule has 47 heavy (non-hydrogen) atoms. The Labute approximate surface area is 270 Å². The topological polar surface area (TPSA) is 170 Å². The van der Waals surface area contributed by atoms with Crippen molar-refractivity contribution in [3.8, 4) is 28.7 Å². The highest BCUT2D eigenvalue weighted by Gasteiger charge is 2.56. The molecular formula is C32H37NO14. The molecule has 3 fully saturated rings. The van der Waals surface area contributed by atoms with Crippen LogP contribution >= 0.6 is 0 Å². The number of aliphatic hydroxyl groups excluding tert-OH is 2. The summed E-state index contributed by atoms with van der Waals surface area (Å²) in [5, 5.41) is 21.9. The molecule has 254 valence electrons. The third-order valence-corrected chi connectivity index (χ3v) is 9.17. The molecule has 0 aromatic heterocycles. The van der Waals surface area contributed by atoms with Gasteiger partial charge in [0.05, 0.1) is 46.0 Å². The summed E-state index contributed by atoms with van der Waals surface area (Å²) < 4.78 is 57.5. The van der Waals surface area contributed by atoms with E-state index in [1.807, 2.05) is 0 Å². The van der Waals surface area contributed by atoms with Crippen LogP contribution < -0.4 is 23.7 Å². The number of hydrogen-bond acceptors (Lipinski definition) is 15. The number of methoxy groups -OCH3 is 2. The summed E-state index contributed by atoms with van der Waals surface area (Å²) in [6.45, 7) is 0.192. The van der Waals surface area contributed by atoms with Crippen LogP contribution in [0.2, 0.25) is 0 Å². The highest BCUT2D eigenvalue weighted by atomic mass is 16.7. The van der Waals surface area contributed by atoms with Crippen LogP contribution in [-0.2, 0) is 33.3 Å². The maximum absolute atomic E-state index is 13.6. The molecule has 3 saturated heterocycles. The molecule has 9 atom stereocenters. The van der Waals surface area contributed by atoms with E-state index in [1.165, 1.54) is 14.2 Å². The molecule has 2 aromatic rings. The monoisotopic (exact) mass is 659 g/mol. The molecule has 15 nitrogen and oxygen atoms in total. The summed E-state index contributed by atoms with van der Waals surface area (Å²) in [6.07, 6.45) is -6.30. The molecule has 0 bridgehead atoms. The predicted molar refractivity (Wildman–Crippen MR) is 156 cm³/mol. The van der Waals surface area contributed by atoms with Gasteiger partial charge in [-0.1, -0.05) is 0 Å². The Hall–Kier alpha value is -3.70. The molecule has 2 N–H and O–H groups in total. The van der Waals surface area contributed by atoms with Crippen molar-refractivity contribution >= 4 is 11.9 Å². The Morgan fingerprint density at radius 3 is 2.32 bits per heavy atom. The summed E-state index contributed by atoms with van der Waals surface area (Å²) in [5.74, 6) is -1.34. The predicted octanol–water partition coefficient (Wildman–Crippen LogP) is 0.712. The number of aliphatic hydroxyl groups is 2. The summed E-state index contributed by atoms with van der Waals surface area (Å²) >= 11 is 0. The molecule has 0 amide bonds. The van der Waals surface area contributed by atoms with Crippen LogP contribution in [0.25, 0.3) is 0 Å². The number of ether oxygens (including phenoxy) is 10. The van der Waals surface area contributed by atoms with Gasteiger partial charge in [-0.15, -0.1) is 0 Å². The van der Waals surface area contributed by atoms with Crippen LogP contribution in [0.4, 0.5) is 0 Å². The smallest absolute Gasteiger partial charge is 0.325 e. The number of esters is 2. The lowest BCUT2D eigenvalue weighted by molar-refractivity contribution is -0.349. The van der Waals surface area contributed by atoms with Crippen LogP contribution in [0, 0.1) is 11.8 Å². The van der Waals surface area contributed by atoms with Crippen molar-refractivity contribution in [2.45, 2.75) is 42.7 Å². The highest BCUT2D eigenvalue weighted by Crippen LogP contribution is 2.57. The Bertz CT molecular complexity index is 1500. The second-order valence-electron chi connectivity index (χ2n) is 12.3. The van der Waals surface area contributed by atoms with Crippen molar-refractivity contribution in [3.63, 3.8) is 0 Å². The van der Waals surface area contributed by atoms with Crippen molar-refractivity contribution in [2.24, 2.45) is 11.8 Å². The first-order valence-corrected chi connectivity index (χ1v) is 15.3. The van der Waals surface area contributed by atoms with E-state index >= 15 is 0 Å². The van der Waals surface area contributed by atoms with Crippen molar-refractivity contribution in [1.82, 2.24) is 4.90 Å². The Morgan fingerprint density at radius 1 is 0.936 bits per heavy atom. The van der Waals surface area contributed by atoms with E-state index in [0.717, 1.165) is 0 Å². The van der Waals surface area contributed by atoms with Crippen LogP contribution in [0.5, 0.6) is 28.7 Å². The molecular weight excluding hydrogens is 622 g/mol. The van der Waals surface area contributed by atoms with Gasteiger partial charge in [0.15, 0.2) is 29.3 Å². The van der Waals surface area contributed by atoms with Crippen molar-refractivity contribution in [1.29, 1.82) is 0 Å². The summed E-state index contributed by atoms with van der Waals surface area (Å²) in [7, 11) is 6.39. The van der Waals surface area contributed by atoms with Crippen LogP contribution in [0.3, 0.4) is 0 Å². The number of carbonyl (C=O) groups excluding carboxylic acids is 2. The van der Waals surface area contributed by atoms with Gasteiger partial charge in [0.25, 0.3) is 0 Å². The van der Waals surface area contributed by atoms with Gasteiger partial charge in [0.1, 0.15) is 31.2 Å². The Kier molecular flexibility index (Phi) is 8.63. The Morgan fingerprint density at radius 2 is 1.64 bits per heavy atom. The van der Waals surface area contributed by atoms with E-state index in [0.29, 0.717) is 28.2 Å². The molecule has 15 heteroatoms.